The topological polar surface area (TPSA) is 100 Å². The van der Waals surface area contributed by atoms with E-state index in [0.29, 0.717) is 129 Å². The number of hydrogen-bond acceptors (Lipinski definition) is 10. The Morgan fingerprint density at radius 3 is 1.02 bits per heavy atom. The van der Waals surface area contributed by atoms with Crippen LogP contribution in [0.2, 0.25) is 0 Å². The van der Waals surface area contributed by atoms with Crippen LogP contribution in [0.1, 0.15) is 46.2 Å². The molecule has 0 bridgehead atoms. The first-order valence-electron chi connectivity index (χ1n) is 19.8. The zero-order valence-corrected chi connectivity index (χ0v) is 32.7. The number of ether oxygens (including phenoxy) is 10. The summed E-state index contributed by atoms with van der Waals surface area (Å²) in [4.78, 5) is 0. The van der Waals surface area contributed by atoms with E-state index in [-0.39, 0.29) is 23.7 Å². The largest absolute Gasteiger partial charge is 0.487 e. The molecule has 2 aliphatic heterocycles. The summed E-state index contributed by atoms with van der Waals surface area (Å²) in [6.45, 7) is 7.41. The highest BCUT2D eigenvalue weighted by Crippen LogP contribution is 2.66. The lowest BCUT2D eigenvalue weighted by Crippen LogP contribution is -2.50. The lowest BCUT2D eigenvalue weighted by atomic mass is 9.50. The molecule has 4 heterocycles. The Morgan fingerprint density at radius 1 is 0.357 bits per heavy atom. The standard InChI is InChI=1S/C44H56N2O10/c1-45-13-5-3-7-35(45)43-41(33-9-11-37-39(31-33)55-29-25-51-21-17-47-15-19-49-23-27-53-37)42(44(43)36-8-4-6-14-46(36)2)34-10-12-38-40(32-34)56-30-26-52-22-18-48-16-20-50-24-28-54-38/h3-14,31-32,41-44H,15-30H2,1-2H3/q+2/t41-,42-,43+,44+/m0/s1. The molecule has 7 rings (SSSR count). The van der Waals surface area contributed by atoms with Crippen LogP contribution < -0.4 is 28.1 Å². The maximum Gasteiger partial charge on any atom is 0.185 e. The fraction of sp³-hybridized carbons (Fsp3) is 0.500. The predicted octanol–water partition coefficient (Wildman–Crippen LogP) is 4.43. The second kappa shape index (κ2) is 20.7. The Morgan fingerprint density at radius 2 is 0.679 bits per heavy atom. The van der Waals surface area contributed by atoms with Crippen molar-refractivity contribution in [2.24, 2.45) is 14.1 Å². The molecule has 0 amide bonds. The summed E-state index contributed by atoms with van der Waals surface area (Å²) >= 11 is 0. The molecular weight excluding hydrogens is 716 g/mol. The monoisotopic (exact) mass is 772 g/mol. The van der Waals surface area contributed by atoms with Crippen LogP contribution in [-0.4, -0.2) is 106 Å². The smallest absolute Gasteiger partial charge is 0.185 e. The summed E-state index contributed by atoms with van der Waals surface area (Å²) in [5.74, 6) is 3.11. The molecule has 1 aliphatic carbocycles. The molecule has 12 nitrogen and oxygen atoms in total. The summed E-state index contributed by atoms with van der Waals surface area (Å²) in [7, 11) is 4.27. The quantitative estimate of drug-likeness (QED) is 0.278. The van der Waals surface area contributed by atoms with Crippen molar-refractivity contribution < 1.29 is 56.5 Å². The van der Waals surface area contributed by atoms with Gasteiger partial charge in [-0.1, -0.05) is 24.3 Å². The molecule has 56 heavy (non-hydrogen) atoms. The molecule has 3 aliphatic rings. The number of fused-ring (bicyclic) bond motifs is 2. The average molecular weight is 773 g/mol. The Kier molecular flexibility index (Phi) is 14.8. The van der Waals surface area contributed by atoms with Crippen LogP contribution in [-0.2, 0) is 42.5 Å². The molecule has 1 fully saturated rings. The van der Waals surface area contributed by atoms with Crippen molar-refractivity contribution in [3.8, 4) is 23.0 Å². The van der Waals surface area contributed by atoms with Crippen molar-refractivity contribution >= 4 is 0 Å². The van der Waals surface area contributed by atoms with Gasteiger partial charge < -0.3 is 47.4 Å². The number of hydrogen-bond donors (Lipinski definition) is 0. The fourth-order valence-corrected chi connectivity index (χ4v) is 7.93. The van der Waals surface area contributed by atoms with Crippen LogP contribution in [0, 0.1) is 0 Å². The molecule has 1 saturated carbocycles. The maximum absolute atomic E-state index is 6.42. The number of nitrogens with zero attached hydrogens (tertiary/aromatic N) is 2. The van der Waals surface area contributed by atoms with Gasteiger partial charge in [0.15, 0.2) is 46.8 Å². The lowest BCUT2D eigenvalue weighted by molar-refractivity contribution is -0.688. The van der Waals surface area contributed by atoms with E-state index in [1.165, 1.54) is 11.4 Å². The molecule has 12 heteroatoms. The third-order valence-electron chi connectivity index (χ3n) is 10.6. The van der Waals surface area contributed by atoms with Crippen LogP contribution in [0.4, 0.5) is 0 Å². The SMILES string of the molecule is C[n+]1ccccc1[C@@H]1[C@@H](c2ccc3c(c2)OCCOCCOCCOCCO3)[C@H](c2ccc3c(c2)OCCOCCOCCOCCO3)[C@H]1c1cccc[n+]1C. The highest BCUT2D eigenvalue weighted by atomic mass is 16.6. The van der Waals surface area contributed by atoms with Crippen LogP contribution in [0.3, 0.4) is 0 Å². The Bertz CT molecular complexity index is 1690. The van der Waals surface area contributed by atoms with Crippen molar-refractivity contribution in [3.05, 3.63) is 108 Å². The molecule has 300 valence electrons. The Balaban J connectivity index is 1.28. The van der Waals surface area contributed by atoms with Crippen LogP contribution >= 0.6 is 0 Å². The van der Waals surface area contributed by atoms with Gasteiger partial charge in [-0.25, -0.2) is 9.13 Å². The van der Waals surface area contributed by atoms with Gasteiger partial charge in [0.2, 0.25) is 0 Å². The Hall–Kier alpha value is -4.30. The predicted molar refractivity (Wildman–Crippen MR) is 206 cm³/mol. The van der Waals surface area contributed by atoms with Gasteiger partial charge in [-0.15, -0.1) is 0 Å². The first-order valence-corrected chi connectivity index (χ1v) is 19.8. The number of aromatic nitrogens is 2. The maximum atomic E-state index is 6.42. The molecule has 0 unspecified atom stereocenters. The highest BCUT2D eigenvalue weighted by molar-refractivity contribution is 5.52. The molecule has 2 aromatic carbocycles. The fourth-order valence-electron chi connectivity index (χ4n) is 7.93. The van der Waals surface area contributed by atoms with Crippen molar-refractivity contribution in [2.75, 3.05) is 106 Å². The zero-order valence-electron chi connectivity index (χ0n) is 32.7. The molecular formula is C44H56N2O10+2. The first kappa shape index (κ1) is 39.9. The number of pyridine rings is 2. The van der Waals surface area contributed by atoms with Crippen molar-refractivity contribution in [3.63, 3.8) is 0 Å². The van der Waals surface area contributed by atoms with E-state index < -0.39 is 0 Å². The number of aryl methyl sites for hydroxylation is 2. The molecule has 2 aromatic heterocycles. The second-order valence-corrected chi connectivity index (χ2v) is 14.1. The van der Waals surface area contributed by atoms with Crippen LogP contribution in [0.15, 0.2) is 85.2 Å². The van der Waals surface area contributed by atoms with E-state index in [1.54, 1.807) is 0 Å². The van der Waals surface area contributed by atoms with E-state index in [2.05, 4.69) is 96.3 Å². The zero-order chi connectivity index (χ0) is 38.4. The van der Waals surface area contributed by atoms with E-state index in [0.717, 1.165) is 11.1 Å². The summed E-state index contributed by atoms with van der Waals surface area (Å²) in [6.07, 6.45) is 4.27. The summed E-state index contributed by atoms with van der Waals surface area (Å²) in [5.41, 5.74) is 4.81. The number of rotatable bonds is 4. The van der Waals surface area contributed by atoms with E-state index >= 15 is 0 Å². The van der Waals surface area contributed by atoms with Gasteiger partial charge >= 0.3 is 0 Å². The second-order valence-electron chi connectivity index (χ2n) is 14.1. The van der Waals surface area contributed by atoms with Gasteiger partial charge in [-0.05, 0) is 35.4 Å². The summed E-state index contributed by atoms with van der Waals surface area (Å²) in [6, 6.07) is 25.7. The van der Waals surface area contributed by atoms with Gasteiger partial charge in [-0.2, -0.15) is 0 Å². The average Bonchev–Trinajstić information content (AvgIpc) is 3.22. The van der Waals surface area contributed by atoms with E-state index in [1.807, 2.05) is 12.1 Å². The van der Waals surface area contributed by atoms with Gasteiger partial charge in [0.1, 0.15) is 40.5 Å². The molecule has 0 N–H and O–H groups in total. The van der Waals surface area contributed by atoms with Crippen LogP contribution in [0.25, 0.3) is 0 Å². The summed E-state index contributed by atoms with van der Waals surface area (Å²) < 4.78 is 64.1. The molecule has 4 atom stereocenters. The van der Waals surface area contributed by atoms with Gasteiger partial charge in [0.05, 0.1) is 91.1 Å². The molecule has 0 radical (unpaired) electrons. The molecule has 0 saturated heterocycles. The van der Waals surface area contributed by atoms with Gasteiger partial charge in [0.25, 0.3) is 0 Å². The van der Waals surface area contributed by atoms with Crippen molar-refractivity contribution in [2.45, 2.75) is 23.7 Å². The minimum atomic E-state index is 0.0639. The third kappa shape index (κ3) is 10.2. The Labute approximate surface area is 330 Å². The third-order valence-corrected chi connectivity index (χ3v) is 10.6. The van der Waals surface area contributed by atoms with Gasteiger partial charge in [-0.3, -0.25) is 0 Å². The van der Waals surface area contributed by atoms with E-state index in [9.17, 15) is 0 Å². The summed E-state index contributed by atoms with van der Waals surface area (Å²) in [5, 5.41) is 0. The van der Waals surface area contributed by atoms with Crippen molar-refractivity contribution in [1.82, 2.24) is 0 Å². The lowest BCUT2D eigenvalue weighted by Gasteiger charge is -2.50. The van der Waals surface area contributed by atoms with Crippen molar-refractivity contribution in [1.29, 1.82) is 0 Å². The van der Waals surface area contributed by atoms with Crippen LogP contribution in [0.5, 0.6) is 23.0 Å². The van der Waals surface area contributed by atoms with E-state index in [4.69, 9.17) is 47.4 Å². The minimum absolute atomic E-state index is 0.0639. The number of benzene rings is 2. The highest BCUT2D eigenvalue weighted by Gasteiger charge is 2.58. The van der Waals surface area contributed by atoms with Gasteiger partial charge in [0, 0.05) is 36.1 Å². The molecule has 4 aromatic rings. The molecule has 0 spiro atoms. The minimum Gasteiger partial charge on any atom is -0.487 e. The first-order chi connectivity index (χ1) is 27.7. The normalized spacial score (nSPS) is 23.6.